The zero-order valence-electron chi connectivity index (χ0n) is 13.3. The van der Waals surface area contributed by atoms with Crippen LogP contribution in [-0.2, 0) is 10.2 Å². The van der Waals surface area contributed by atoms with Crippen LogP contribution in [-0.4, -0.2) is 39.0 Å². The summed E-state index contributed by atoms with van der Waals surface area (Å²) >= 11 is 0. The molecule has 0 unspecified atom stereocenters. The van der Waals surface area contributed by atoms with Crippen molar-refractivity contribution in [3.05, 3.63) is 23.8 Å². The Morgan fingerprint density at radius 1 is 1.18 bits per heavy atom. The second-order valence-electron chi connectivity index (χ2n) is 5.19. The predicted octanol–water partition coefficient (Wildman–Crippen LogP) is 2.09. The van der Waals surface area contributed by atoms with Crippen molar-refractivity contribution in [1.29, 1.82) is 0 Å². The predicted molar refractivity (Wildman–Crippen MR) is 85.4 cm³/mol. The average molecular weight is 328 g/mol. The first-order valence-electron chi connectivity index (χ1n) is 7.65. The molecule has 0 aromatic heterocycles. The van der Waals surface area contributed by atoms with Gasteiger partial charge in [-0.2, -0.15) is 17.4 Å². The lowest BCUT2D eigenvalue weighted by Crippen LogP contribution is -2.41. The van der Waals surface area contributed by atoms with Crippen LogP contribution in [0.4, 0.5) is 0 Å². The fraction of sp³-hybridized carbons (Fsp3) is 0.600. The van der Waals surface area contributed by atoms with E-state index in [0.717, 1.165) is 12.0 Å². The van der Waals surface area contributed by atoms with Crippen molar-refractivity contribution in [2.75, 3.05) is 26.3 Å². The SMILES string of the molecule is CCN(CC)S(=O)(=O)N[C@@H](C)c1ccc2c(c1)OCCCO2. The Balaban J connectivity index is 2.16. The van der Waals surface area contributed by atoms with Gasteiger partial charge < -0.3 is 9.47 Å². The lowest BCUT2D eigenvalue weighted by molar-refractivity contribution is 0.297. The molecule has 0 saturated carbocycles. The maximum Gasteiger partial charge on any atom is 0.279 e. The van der Waals surface area contributed by atoms with Gasteiger partial charge in [0.1, 0.15) is 0 Å². The zero-order valence-corrected chi connectivity index (χ0v) is 14.1. The summed E-state index contributed by atoms with van der Waals surface area (Å²) in [6.07, 6.45) is 0.841. The fourth-order valence-corrected chi connectivity index (χ4v) is 3.79. The largest absolute Gasteiger partial charge is 0.490 e. The highest BCUT2D eigenvalue weighted by molar-refractivity contribution is 7.87. The summed E-state index contributed by atoms with van der Waals surface area (Å²) in [5.41, 5.74) is 0.847. The van der Waals surface area contributed by atoms with Crippen molar-refractivity contribution < 1.29 is 17.9 Å². The van der Waals surface area contributed by atoms with Gasteiger partial charge in [-0.05, 0) is 24.6 Å². The number of fused-ring (bicyclic) bond motifs is 1. The Hall–Kier alpha value is -1.31. The van der Waals surface area contributed by atoms with Crippen molar-refractivity contribution in [3.8, 4) is 11.5 Å². The second-order valence-corrected chi connectivity index (χ2v) is 6.89. The molecular weight excluding hydrogens is 304 g/mol. The number of rotatable bonds is 6. The van der Waals surface area contributed by atoms with Gasteiger partial charge in [0, 0.05) is 25.6 Å². The van der Waals surface area contributed by atoms with Gasteiger partial charge in [-0.3, -0.25) is 0 Å². The third-order valence-electron chi connectivity index (χ3n) is 3.64. The van der Waals surface area contributed by atoms with Crippen molar-refractivity contribution in [2.24, 2.45) is 0 Å². The maximum atomic E-state index is 12.3. The molecule has 1 aliphatic heterocycles. The standard InChI is InChI=1S/C15H24N2O4S/c1-4-17(5-2)22(18,19)16-12(3)13-7-8-14-15(11-13)21-10-6-9-20-14/h7-8,11-12,16H,4-6,9-10H2,1-3H3/t12-/m0/s1. The molecule has 1 aromatic rings. The molecule has 0 spiro atoms. The summed E-state index contributed by atoms with van der Waals surface area (Å²) in [7, 11) is -3.49. The lowest BCUT2D eigenvalue weighted by Gasteiger charge is -2.22. The Labute approximate surface area is 132 Å². The first-order valence-corrected chi connectivity index (χ1v) is 9.09. The number of hydrogen-bond donors (Lipinski definition) is 1. The van der Waals surface area contributed by atoms with Crippen LogP contribution in [0.5, 0.6) is 11.5 Å². The van der Waals surface area contributed by atoms with Crippen LogP contribution < -0.4 is 14.2 Å². The van der Waals surface area contributed by atoms with Crippen molar-refractivity contribution >= 4 is 10.2 Å². The first kappa shape index (κ1) is 17.1. The molecule has 6 nitrogen and oxygen atoms in total. The molecule has 0 aliphatic carbocycles. The van der Waals surface area contributed by atoms with E-state index in [1.807, 2.05) is 39.0 Å². The van der Waals surface area contributed by atoms with Gasteiger partial charge >= 0.3 is 0 Å². The van der Waals surface area contributed by atoms with Crippen LogP contribution in [0.1, 0.15) is 38.8 Å². The topological polar surface area (TPSA) is 67.9 Å². The summed E-state index contributed by atoms with van der Waals surface area (Å²) in [5, 5.41) is 0. The molecule has 0 amide bonds. The Kier molecular flexibility index (Phi) is 5.66. The number of ether oxygens (including phenoxy) is 2. The molecule has 1 aromatic carbocycles. The van der Waals surface area contributed by atoms with Gasteiger partial charge in [0.2, 0.25) is 0 Å². The highest BCUT2D eigenvalue weighted by Crippen LogP contribution is 2.32. The average Bonchev–Trinajstić information content (AvgIpc) is 2.72. The van der Waals surface area contributed by atoms with Crippen LogP contribution in [0.15, 0.2) is 18.2 Å². The molecule has 2 rings (SSSR count). The minimum atomic E-state index is -3.49. The molecule has 0 radical (unpaired) electrons. The number of hydrogen-bond acceptors (Lipinski definition) is 4. The van der Waals surface area contributed by atoms with Crippen LogP contribution in [0, 0.1) is 0 Å². The molecule has 7 heteroatoms. The van der Waals surface area contributed by atoms with E-state index in [1.54, 1.807) is 0 Å². The Morgan fingerprint density at radius 2 is 1.82 bits per heavy atom. The molecule has 0 fully saturated rings. The molecular formula is C15H24N2O4S. The van der Waals surface area contributed by atoms with E-state index in [2.05, 4.69) is 4.72 Å². The van der Waals surface area contributed by atoms with Gasteiger partial charge in [0.15, 0.2) is 11.5 Å². The number of nitrogens with zero attached hydrogens (tertiary/aromatic N) is 1. The van der Waals surface area contributed by atoms with Gasteiger partial charge in [-0.25, -0.2) is 0 Å². The minimum absolute atomic E-state index is 0.345. The van der Waals surface area contributed by atoms with Crippen molar-refractivity contribution in [3.63, 3.8) is 0 Å². The number of nitrogens with one attached hydrogen (secondary N) is 1. The van der Waals surface area contributed by atoms with E-state index in [9.17, 15) is 8.42 Å². The molecule has 1 heterocycles. The third-order valence-corrected chi connectivity index (χ3v) is 5.49. The van der Waals surface area contributed by atoms with Crippen LogP contribution in [0.25, 0.3) is 0 Å². The van der Waals surface area contributed by atoms with Crippen LogP contribution in [0.2, 0.25) is 0 Å². The van der Waals surface area contributed by atoms with Crippen molar-refractivity contribution in [1.82, 2.24) is 9.03 Å². The van der Waals surface area contributed by atoms with Gasteiger partial charge in [-0.1, -0.05) is 19.9 Å². The zero-order chi connectivity index (χ0) is 16.2. The highest BCUT2D eigenvalue weighted by atomic mass is 32.2. The lowest BCUT2D eigenvalue weighted by atomic mass is 10.1. The van der Waals surface area contributed by atoms with Crippen molar-refractivity contribution in [2.45, 2.75) is 33.2 Å². The third kappa shape index (κ3) is 3.91. The summed E-state index contributed by atoms with van der Waals surface area (Å²) in [6.45, 7) is 7.59. The quantitative estimate of drug-likeness (QED) is 0.868. The van der Waals surface area contributed by atoms with E-state index in [1.165, 1.54) is 4.31 Å². The first-order chi connectivity index (χ1) is 10.5. The maximum absolute atomic E-state index is 12.3. The Morgan fingerprint density at radius 3 is 2.45 bits per heavy atom. The van der Waals surface area contributed by atoms with E-state index in [-0.39, 0.29) is 6.04 Å². The Bertz CT molecular complexity index is 600. The highest BCUT2D eigenvalue weighted by Gasteiger charge is 2.22. The minimum Gasteiger partial charge on any atom is -0.490 e. The van der Waals surface area contributed by atoms with E-state index >= 15 is 0 Å². The smallest absolute Gasteiger partial charge is 0.279 e. The van der Waals surface area contributed by atoms with Gasteiger partial charge in [-0.15, -0.1) is 0 Å². The molecule has 1 aliphatic rings. The molecule has 0 bridgehead atoms. The van der Waals surface area contributed by atoms with E-state index < -0.39 is 10.2 Å². The summed E-state index contributed by atoms with van der Waals surface area (Å²) in [6, 6.07) is 5.19. The molecule has 124 valence electrons. The summed E-state index contributed by atoms with van der Waals surface area (Å²) in [5.74, 6) is 1.38. The van der Waals surface area contributed by atoms with E-state index in [0.29, 0.717) is 37.8 Å². The fourth-order valence-electron chi connectivity index (χ4n) is 2.38. The second kappa shape index (κ2) is 7.30. The summed E-state index contributed by atoms with van der Waals surface area (Å²) < 4.78 is 39.9. The van der Waals surface area contributed by atoms with E-state index in [4.69, 9.17) is 9.47 Å². The molecule has 0 saturated heterocycles. The molecule has 1 atom stereocenters. The van der Waals surface area contributed by atoms with Crippen LogP contribution in [0.3, 0.4) is 0 Å². The normalized spacial score (nSPS) is 16.4. The van der Waals surface area contributed by atoms with Gasteiger partial charge in [0.05, 0.1) is 13.2 Å². The summed E-state index contributed by atoms with van der Waals surface area (Å²) in [4.78, 5) is 0. The van der Waals surface area contributed by atoms with Gasteiger partial charge in [0.25, 0.3) is 10.2 Å². The monoisotopic (exact) mass is 328 g/mol. The number of benzene rings is 1. The van der Waals surface area contributed by atoms with Crippen LogP contribution >= 0.6 is 0 Å². The molecule has 1 N–H and O–H groups in total. The molecule has 22 heavy (non-hydrogen) atoms.